The third kappa shape index (κ3) is 3.32. The highest BCUT2D eigenvalue weighted by atomic mass is 32.2. The molecule has 0 atom stereocenters. The van der Waals surface area contributed by atoms with Gasteiger partial charge in [0.2, 0.25) is 0 Å². The lowest BCUT2D eigenvalue weighted by Crippen LogP contribution is -2.29. The van der Waals surface area contributed by atoms with Gasteiger partial charge in [-0.05, 0) is 55.7 Å². The molecule has 19 heavy (non-hydrogen) atoms. The lowest BCUT2D eigenvalue weighted by molar-refractivity contribution is 0.578. The van der Waals surface area contributed by atoms with Crippen LogP contribution in [0.1, 0.15) is 19.3 Å². The van der Waals surface area contributed by atoms with Crippen LogP contribution >= 0.6 is 11.8 Å². The summed E-state index contributed by atoms with van der Waals surface area (Å²) in [7, 11) is 0. The van der Waals surface area contributed by atoms with E-state index in [-0.39, 0.29) is 0 Å². The first-order valence-electron chi connectivity index (χ1n) is 7.00. The van der Waals surface area contributed by atoms with E-state index < -0.39 is 0 Å². The molecule has 2 heteroatoms. The van der Waals surface area contributed by atoms with Crippen LogP contribution in [0.2, 0.25) is 0 Å². The Labute approximate surface area is 119 Å². The SMILES string of the molecule is c1ccc(Sc2ccc(N3CCCCC3)cc2)cc1. The minimum atomic E-state index is 1.21. The molecular weight excluding hydrogens is 250 g/mol. The van der Waals surface area contributed by atoms with Crippen molar-refractivity contribution in [2.45, 2.75) is 29.1 Å². The Morgan fingerprint density at radius 1 is 0.684 bits per heavy atom. The number of hydrogen-bond donors (Lipinski definition) is 0. The van der Waals surface area contributed by atoms with E-state index in [9.17, 15) is 0 Å². The summed E-state index contributed by atoms with van der Waals surface area (Å²) in [5.74, 6) is 0. The Balaban J connectivity index is 1.68. The van der Waals surface area contributed by atoms with Gasteiger partial charge in [-0.25, -0.2) is 0 Å². The third-order valence-electron chi connectivity index (χ3n) is 3.54. The second kappa shape index (κ2) is 6.16. The largest absolute Gasteiger partial charge is 0.372 e. The van der Waals surface area contributed by atoms with Crippen LogP contribution in [-0.2, 0) is 0 Å². The van der Waals surface area contributed by atoms with Crippen molar-refractivity contribution in [3.05, 3.63) is 54.6 Å². The predicted octanol–water partition coefficient (Wildman–Crippen LogP) is 4.83. The van der Waals surface area contributed by atoms with Crippen molar-refractivity contribution >= 4 is 17.4 Å². The van der Waals surface area contributed by atoms with Gasteiger partial charge < -0.3 is 4.90 Å². The molecule has 1 nitrogen and oxygen atoms in total. The molecule has 0 spiro atoms. The Hall–Kier alpha value is -1.41. The summed E-state index contributed by atoms with van der Waals surface area (Å²) < 4.78 is 0. The topological polar surface area (TPSA) is 3.24 Å². The monoisotopic (exact) mass is 269 g/mol. The van der Waals surface area contributed by atoms with Crippen molar-refractivity contribution in [3.63, 3.8) is 0 Å². The number of piperidine rings is 1. The lowest BCUT2D eigenvalue weighted by Gasteiger charge is -2.28. The molecule has 0 saturated carbocycles. The molecule has 0 bridgehead atoms. The lowest BCUT2D eigenvalue weighted by atomic mass is 10.1. The normalized spacial score (nSPS) is 15.5. The number of rotatable bonds is 3. The van der Waals surface area contributed by atoms with E-state index in [2.05, 4.69) is 59.5 Å². The molecule has 0 aliphatic carbocycles. The number of benzene rings is 2. The van der Waals surface area contributed by atoms with Crippen LogP contribution in [-0.4, -0.2) is 13.1 Å². The van der Waals surface area contributed by atoms with E-state index in [1.54, 1.807) is 0 Å². The zero-order valence-electron chi connectivity index (χ0n) is 11.1. The van der Waals surface area contributed by atoms with Gasteiger partial charge in [-0.1, -0.05) is 30.0 Å². The molecule has 2 aromatic rings. The highest BCUT2D eigenvalue weighted by molar-refractivity contribution is 7.99. The van der Waals surface area contributed by atoms with Gasteiger partial charge in [0.15, 0.2) is 0 Å². The minimum absolute atomic E-state index is 1.21. The Morgan fingerprint density at radius 2 is 1.32 bits per heavy atom. The third-order valence-corrected chi connectivity index (χ3v) is 4.55. The highest BCUT2D eigenvalue weighted by Gasteiger charge is 2.10. The van der Waals surface area contributed by atoms with Crippen LogP contribution < -0.4 is 4.90 Å². The standard InChI is InChI=1S/C17H19NS/c1-3-7-16(8-4-1)19-17-11-9-15(10-12-17)18-13-5-2-6-14-18/h1,3-4,7-12H,2,5-6,13-14H2. The van der Waals surface area contributed by atoms with Gasteiger partial charge in [-0.3, -0.25) is 0 Å². The molecule has 1 aliphatic rings. The summed E-state index contributed by atoms with van der Waals surface area (Å²) in [6, 6.07) is 19.5. The summed E-state index contributed by atoms with van der Waals surface area (Å²) in [5.41, 5.74) is 1.37. The maximum atomic E-state index is 2.50. The maximum Gasteiger partial charge on any atom is 0.0366 e. The average Bonchev–Trinajstić information content (AvgIpc) is 2.50. The van der Waals surface area contributed by atoms with Crippen molar-refractivity contribution in [2.75, 3.05) is 18.0 Å². The first-order valence-corrected chi connectivity index (χ1v) is 7.81. The number of anilines is 1. The second-order valence-corrected chi connectivity index (χ2v) is 6.10. The van der Waals surface area contributed by atoms with Crippen LogP contribution in [0.4, 0.5) is 5.69 Å². The zero-order valence-corrected chi connectivity index (χ0v) is 11.9. The summed E-state index contributed by atoms with van der Waals surface area (Å²) in [4.78, 5) is 5.11. The average molecular weight is 269 g/mol. The maximum absolute atomic E-state index is 2.50. The molecule has 0 aromatic heterocycles. The molecule has 0 radical (unpaired) electrons. The van der Waals surface area contributed by atoms with E-state index in [0.717, 1.165) is 0 Å². The summed E-state index contributed by atoms with van der Waals surface area (Å²) >= 11 is 1.82. The van der Waals surface area contributed by atoms with E-state index in [0.29, 0.717) is 0 Å². The van der Waals surface area contributed by atoms with Gasteiger partial charge in [-0.15, -0.1) is 0 Å². The molecule has 2 aromatic carbocycles. The van der Waals surface area contributed by atoms with Crippen LogP contribution in [0.25, 0.3) is 0 Å². The fraction of sp³-hybridized carbons (Fsp3) is 0.294. The van der Waals surface area contributed by atoms with Crippen molar-refractivity contribution in [2.24, 2.45) is 0 Å². The zero-order chi connectivity index (χ0) is 12.9. The van der Waals surface area contributed by atoms with Gasteiger partial charge in [0.1, 0.15) is 0 Å². The Morgan fingerprint density at radius 3 is 2.00 bits per heavy atom. The van der Waals surface area contributed by atoms with Crippen molar-refractivity contribution in [1.29, 1.82) is 0 Å². The summed E-state index contributed by atoms with van der Waals surface area (Å²) in [6.45, 7) is 2.43. The first-order chi connectivity index (χ1) is 9.42. The molecular formula is C17H19NS. The fourth-order valence-electron chi connectivity index (χ4n) is 2.50. The molecule has 3 rings (SSSR count). The first kappa shape index (κ1) is 12.6. The van der Waals surface area contributed by atoms with Crippen LogP contribution in [0, 0.1) is 0 Å². The summed E-state index contributed by atoms with van der Waals surface area (Å²) in [5, 5.41) is 0. The van der Waals surface area contributed by atoms with E-state index in [1.165, 1.54) is 47.8 Å². The summed E-state index contributed by atoms with van der Waals surface area (Å²) in [6.07, 6.45) is 4.06. The number of hydrogen-bond acceptors (Lipinski definition) is 2. The molecule has 98 valence electrons. The van der Waals surface area contributed by atoms with Gasteiger partial charge in [0, 0.05) is 28.6 Å². The van der Waals surface area contributed by atoms with Crippen LogP contribution in [0.3, 0.4) is 0 Å². The van der Waals surface area contributed by atoms with Gasteiger partial charge >= 0.3 is 0 Å². The predicted molar refractivity (Wildman–Crippen MR) is 83.1 cm³/mol. The van der Waals surface area contributed by atoms with E-state index >= 15 is 0 Å². The molecule has 0 amide bonds. The van der Waals surface area contributed by atoms with Crippen LogP contribution in [0.15, 0.2) is 64.4 Å². The van der Waals surface area contributed by atoms with Crippen molar-refractivity contribution in [1.82, 2.24) is 0 Å². The van der Waals surface area contributed by atoms with Crippen molar-refractivity contribution < 1.29 is 0 Å². The minimum Gasteiger partial charge on any atom is -0.372 e. The van der Waals surface area contributed by atoms with Crippen LogP contribution in [0.5, 0.6) is 0 Å². The molecule has 1 aliphatic heterocycles. The van der Waals surface area contributed by atoms with E-state index in [4.69, 9.17) is 0 Å². The smallest absolute Gasteiger partial charge is 0.0366 e. The second-order valence-electron chi connectivity index (χ2n) is 4.96. The van der Waals surface area contributed by atoms with Gasteiger partial charge in [-0.2, -0.15) is 0 Å². The molecule has 1 heterocycles. The molecule has 1 saturated heterocycles. The van der Waals surface area contributed by atoms with Crippen molar-refractivity contribution in [3.8, 4) is 0 Å². The van der Waals surface area contributed by atoms with E-state index in [1.807, 2.05) is 11.8 Å². The van der Waals surface area contributed by atoms with Gasteiger partial charge in [0.05, 0.1) is 0 Å². The molecule has 0 unspecified atom stereocenters. The molecule has 1 fully saturated rings. The highest BCUT2D eigenvalue weighted by Crippen LogP contribution is 2.29. The Kier molecular flexibility index (Phi) is 4.09. The quantitative estimate of drug-likeness (QED) is 0.785. The molecule has 0 N–H and O–H groups in total. The fourth-order valence-corrected chi connectivity index (χ4v) is 3.34. The Bertz CT molecular complexity index is 501. The number of nitrogens with zero attached hydrogens (tertiary/aromatic N) is 1. The van der Waals surface area contributed by atoms with Gasteiger partial charge in [0.25, 0.3) is 0 Å².